The van der Waals surface area contributed by atoms with E-state index in [0.29, 0.717) is 5.75 Å². The normalized spacial score (nSPS) is 11.1. The molecule has 0 aliphatic heterocycles. The molecule has 2 rings (SSSR count). The standard InChI is InChI=1S/C14H12ClNO6S/c1-9-13(15)7-12(8-14(9)16(17)18)23(19,20)22-11-5-3-4-10(6-11)21-2/h3-8H,1-2H3. The topological polar surface area (TPSA) is 95.7 Å². The Balaban J connectivity index is 2.45. The molecule has 0 atom stereocenters. The van der Waals surface area contributed by atoms with Crippen molar-refractivity contribution in [3.8, 4) is 11.5 Å². The zero-order chi connectivity index (χ0) is 17.2. The molecule has 0 saturated carbocycles. The van der Waals surface area contributed by atoms with Crippen molar-refractivity contribution in [1.82, 2.24) is 0 Å². The number of ether oxygens (including phenoxy) is 1. The van der Waals surface area contributed by atoms with Gasteiger partial charge in [0.2, 0.25) is 0 Å². The lowest BCUT2D eigenvalue weighted by molar-refractivity contribution is -0.385. The number of nitrogens with zero attached hydrogens (tertiary/aromatic N) is 1. The van der Waals surface area contributed by atoms with Gasteiger partial charge in [-0.3, -0.25) is 10.1 Å². The molecule has 0 aliphatic carbocycles. The Kier molecular flexibility index (Phi) is 4.76. The summed E-state index contributed by atoms with van der Waals surface area (Å²) in [7, 11) is -2.85. The van der Waals surface area contributed by atoms with Gasteiger partial charge in [-0.05, 0) is 25.1 Å². The molecule has 0 saturated heterocycles. The molecule has 0 aliphatic rings. The minimum Gasteiger partial charge on any atom is -0.497 e. The summed E-state index contributed by atoms with van der Waals surface area (Å²) in [6.07, 6.45) is 0. The summed E-state index contributed by atoms with van der Waals surface area (Å²) in [6, 6.07) is 7.99. The molecule has 122 valence electrons. The molecule has 0 radical (unpaired) electrons. The Morgan fingerprint density at radius 2 is 1.83 bits per heavy atom. The van der Waals surface area contributed by atoms with Crippen molar-refractivity contribution >= 4 is 27.4 Å². The van der Waals surface area contributed by atoms with Gasteiger partial charge >= 0.3 is 10.1 Å². The lowest BCUT2D eigenvalue weighted by atomic mass is 10.2. The summed E-state index contributed by atoms with van der Waals surface area (Å²) in [4.78, 5) is 9.89. The fourth-order valence-corrected chi connectivity index (χ4v) is 3.05. The second-order valence-corrected chi connectivity index (χ2v) is 6.48. The van der Waals surface area contributed by atoms with Gasteiger partial charge < -0.3 is 8.92 Å². The van der Waals surface area contributed by atoms with Crippen LogP contribution in [0.15, 0.2) is 41.3 Å². The number of rotatable bonds is 5. The minimum absolute atomic E-state index is 0.0173. The minimum atomic E-state index is -4.28. The van der Waals surface area contributed by atoms with Gasteiger partial charge in [0.05, 0.1) is 17.1 Å². The monoisotopic (exact) mass is 357 g/mol. The van der Waals surface area contributed by atoms with Crippen LogP contribution in [-0.2, 0) is 10.1 Å². The van der Waals surface area contributed by atoms with Crippen LogP contribution in [-0.4, -0.2) is 20.5 Å². The van der Waals surface area contributed by atoms with Crippen LogP contribution in [0.3, 0.4) is 0 Å². The first-order valence-corrected chi connectivity index (χ1v) is 8.06. The van der Waals surface area contributed by atoms with Gasteiger partial charge in [0.25, 0.3) is 5.69 Å². The van der Waals surface area contributed by atoms with E-state index in [-0.39, 0.29) is 16.3 Å². The maximum absolute atomic E-state index is 12.3. The Morgan fingerprint density at radius 3 is 2.43 bits per heavy atom. The SMILES string of the molecule is COc1cccc(OS(=O)(=O)c2cc(Cl)c(C)c([N+](=O)[O-])c2)c1. The molecule has 2 aromatic carbocycles. The highest BCUT2D eigenvalue weighted by Gasteiger charge is 2.24. The molecular formula is C14H12ClNO6S. The van der Waals surface area contributed by atoms with E-state index >= 15 is 0 Å². The van der Waals surface area contributed by atoms with Gasteiger partial charge in [-0.2, -0.15) is 8.42 Å². The maximum atomic E-state index is 12.3. The lowest BCUT2D eigenvalue weighted by Gasteiger charge is -2.09. The van der Waals surface area contributed by atoms with Gasteiger partial charge in [-0.15, -0.1) is 0 Å². The zero-order valence-corrected chi connectivity index (χ0v) is 13.7. The van der Waals surface area contributed by atoms with Crippen LogP contribution in [0.4, 0.5) is 5.69 Å². The van der Waals surface area contributed by atoms with Crippen LogP contribution in [0.25, 0.3) is 0 Å². The van der Waals surface area contributed by atoms with Crippen LogP contribution >= 0.6 is 11.6 Å². The number of nitro groups is 1. The van der Waals surface area contributed by atoms with Gasteiger partial charge in [0, 0.05) is 17.7 Å². The maximum Gasteiger partial charge on any atom is 0.339 e. The third-order valence-corrected chi connectivity index (χ3v) is 4.64. The van der Waals surface area contributed by atoms with Crippen LogP contribution in [0, 0.1) is 17.0 Å². The van der Waals surface area contributed by atoms with Gasteiger partial charge in [0.15, 0.2) is 0 Å². The van der Waals surface area contributed by atoms with E-state index in [4.69, 9.17) is 20.5 Å². The average molecular weight is 358 g/mol. The van der Waals surface area contributed by atoms with Gasteiger partial charge in [0.1, 0.15) is 16.4 Å². The van der Waals surface area contributed by atoms with Gasteiger partial charge in [-0.25, -0.2) is 0 Å². The predicted octanol–water partition coefficient (Wildman–Crippen LogP) is 3.33. The second-order valence-electron chi connectivity index (χ2n) is 4.52. The molecule has 2 aromatic rings. The molecule has 0 aromatic heterocycles. The van der Waals surface area contributed by atoms with E-state index < -0.39 is 25.6 Å². The van der Waals surface area contributed by atoms with Crippen LogP contribution in [0.5, 0.6) is 11.5 Å². The highest BCUT2D eigenvalue weighted by molar-refractivity contribution is 7.87. The summed E-state index contributed by atoms with van der Waals surface area (Å²) >= 11 is 5.88. The van der Waals surface area contributed by atoms with Crippen molar-refractivity contribution in [3.63, 3.8) is 0 Å². The molecular weight excluding hydrogens is 346 g/mol. The molecule has 23 heavy (non-hydrogen) atoms. The molecule has 0 spiro atoms. The summed E-state index contributed by atoms with van der Waals surface area (Å²) in [5.41, 5.74) is -0.220. The smallest absolute Gasteiger partial charge is 0.339 e. The molecule has 0 unspecified atom stereocenters. The Labute approximate surface area is 137 Å². The summed E-state index contributed by atoms with van der Waals surface area (Å²) in [5, 5.41) is 11.0. The molecule has 7 nitrogen and oxygen atoms in total. The zero-order valence-electron chi connectivity index (χ0n) is 12.1. The lowest BCUT2D eigenvalue weighted by Crippen LogP contribution is -2.10. The van der Waals surface area contributed by atoms with E-state index in [0.717, 1.165) is 12.1 Å². The first-order valence-electron chi connectivity index (χ1n) is 6.27. The van der Waals surface area contributed by atoms with Crippen molar-refractivity contribution in [2.24, 2.45) is 0 Å². The predicted molar refractivity (Wildman–Crippen MR) is 83.7 cm³/mol. The summed E-state index contributed by atoms with van der Waals surface area (Å²) in [5.74, 6) is 0.425. The van der Waals surface area contributed by atoms with Crippen molar-refractivity contribution in [1.29, 1.82) is 0 Å². The van der Waals surface area contributed by atoms with E-state index in [1.54, 1.807) is 12.1 Å². The second kappa shape index (κ2) is 6.43. The van der Waals surface area contributed by atoms with Gasteiger partial charge in [-0.1, -0.05) is 17.7 Å². The molecule has 0 heterocycles. The third-order valence-electron chi connectivity index (χ3n) is 3.02. The number of benzene rings is 2. The van der Waals surface area contributed by atoms with E-state index in [9.17, 15) is 18.5 Å². The number of halogens is 1. The molecule has 0 bridgehead atoms. The average Bonchev–Trinajstić information content (AvgIpc) is 2.49. The Hall–Kier alpha value is -2.32. The molecule has 0 amide bonds. The van der Waals surface area contributed by atoms with E-state index in [2.05, 4.69) is 0 Å². The van der Waals surface area contributed by atoms with Crippen LogP contribution < -0.4 is 8.92 Å². The first-order chi connectivity index (χ1) is 10.7. The third kappa shape index (κ3) is 3.72. The molecule has 0 fully saturated rings. The Bertz CT molecular complexity index is 866. The highest BCUT2D eigenvalue weighted by atomic mass is 35.5. The number of nitro benzene ring substituents is 1. The van der Waals surface area contributed by atoms with E-state index in [1.165, 1.54) is 26.2 Å². The van der Waals surface area contributed by atoms with Crippen LogP contribution in [0.2, 0.25) is 5.02 Å². The summed E-state index contributed by atoms with van der Waals surface area (Å²) < 4.78 is 34.5. The van der Waals surface area contributed by atoms with Crippen molar-refractivity contribution in [2.75, 3.05) is 7.11 Å². The molecule has 0 N–H and O–H groups in total. The molecule has 9 heteroatoms. The van der Waals surface area contributed by atoms with Crippen molar-refractivity contribution < 1.29 is 22.3 Å². The summed E-state index contributed by atoms with van der Waals surface area (Å²) in [6.45, 7) is 1.43. The fraction of sp³-hybridized carbons (Fsp3) is 0.143. The largest absolute Gasteiger partial charge is 0.497 e. The Morgan fingerprint density at radius 1 is 1.17 bits per heavy atom. The number of hydrogen-bond donors (Lipinski definition) is 0. The highest BCUT2D eigenvalue weighted by Crippen LogP contribution is 2.31. The van der Waals surface area contributed by atoms with Crippen LogP contribution in [0.1, 0.15) is 5.56 Å². The number of methoxy groups -OCH3 is 1. The van der Waals surface area contributed by atoms with Crippen molar-refractivity contribution in [3.05, 3.63) is 57.1 Å². The number of hydrogen-bond acceptors (Lipinski definition) is 6. The van der Waals surface area contributed by atoms with E-state index in [1.807, 2.05) is 0 Å². The first kappa shape index (κ1) is 17.0. The fourth-order valence-electron chi connectivity index (χ4n) is 1.80. The van der Waals surface area contributed by atoms with Crippen molar-refractivity contribution in [2.45, 2.75) is 11.8 Å². The quantitative estimate of drug-likeness (QED) is 0.462.